The summed E-state index contributed by atoms with van der Waals surface area (Å²) in [6.07, 6.45) is 2.28. The van der Waals surface area contributed by atoms with Gasteiger partial charge >= 0.3 is 0 Å². The molecule has 0 saturated carbocycles. The summed E-state index contributed by atoms with van der Waals surface area (Å²) in [7, 11) is 0. The summed E-state index contributed by atoms with van der Waals surface area (Å²) in [6.45, 7) is 3.95. The number of carbonyl (C=O) groups is 1. The van der Waals surface area contributed by atoms with Gasteiger partial charge in [0.05, 0.1) is 6.04 Å². The summed E-state index contributed by atoms with van der Waals surface area (Å²) in [5.41, 5.74) is 5.46. The fourth-order valence-corrected chi connectivity index (χ4v) is 2.44. The predicted octanol–water partition coefficient (Wildman–Crippen LogP) is 0.734. The first-order valence-corrected chi connectivity index (χ1v) is 5.82. The molecule has 1 aliphatic rings. The van der Waals surface area contributed by atoms with Gasteiger partial charge in [0, 0.05) is 17.0 Å². The summed E-state index contributed by atoms with van der Waals surface area (Å²) in [4.78, 5) is 11.2. The van der Waals surface area contributed by atoms with Crippen LogP contribution < -0.4 is 11.1 Å². The highest BCUT2D eigenvalue weighted by Gasteiger charge is 2.20. The molecule has 1 amide bonds. The van der Waals surface area contributed by atoms with Crippen LogP contribution in [-0.4, -0.2) is 29.0 Å². The molecular formula is C9H18N2OS. The van der Waals surface area contributed by atoms with Gasteiger partial charge in [-0.3, -0.25) is 4.79 Å². The van der Waals surface area contributed by atoms with E-state index in [-0.39, 0.29) is 11.9 Å². The van der Waals surface area contributed by atoms with Crippen LogP contribution in [0.5, 0.6) is 0 Å². The van der Waals surface area contributed by atoms with Crippen molar-refractivity contribution in [1.29, 1.82) is 0 Å². The summed E-state index contributed by atoms with van der Waals surface area (Å²) in [5, 5.41) is 3.69. The van der Waals surface area contributed by atoms with Gasteiger partial charge in [-0.1, -0.05) is 6.92 Å². The van der Waals surface area contributed by atoms with E-state index < -0.39 is 0 Å². The van der Waals surface area contributed by atoms with Gasteiger partial charge in [0.25, 0.3) is 0 Å². The first-order chi connectivity index (χ1) is 6.09. The van der Waals surface area contributed by atoms with Gasteiger partial charge < -0.3 is 11.1 Å². The maximum absolute atomic E-state index is 11.2. The third-order valence-corrected chi connectivity index (χ3v) is 3.66. The number of carbonyl (C=O) groups excluding carboxylic acids is 1. The molecule has 0 spiro atoms. The standard InChI is InChI=1S/C9H18N2OS/c1-6-3-4-8(5-13-6)11-9(12)7(2)10/h6-8H,3-5,10H2,1-2H3,(H,11,12). The van der Waals surface area contributed by atoms with E-state index in [0.717, 1.165) is 17.4 Å². The molecule has 0 aromatic heterocycles. The Morgan fingerprint density at radius 3 is 2.77 bits per heavy atom. The topological polar surface area (TPSA) is 55.1 Å². The zero-order chi connectivity index (χ0) is 9.84. The molecule has 13 heavy (non-hydrogen) atoms. The lowest BCUT2D eigenvalue weighted by atomic mass is 10.1. The van der Waals surface area contributed by atoms with Gasteiger partial charge in [0.1, 0.15) is 0 Å². The number of hydrogen-bond acceptors (Lipinski definition) is 3. The van der Waals surface area contributed by atoms with Crippen molar-refractivity contribution in [2.45, 2.75) is 44.0 Å². The third-order valence-electron chi connectivity index (χ3n) is 2.26. The van der Waals surface area contributed by atoms with E-state index in [2.05, 4.69) is 12.2 Å². The summed E-state index contributed by atoms with van der Waals surface area (Å²) >= 11 is 1.92. The van der Waals surface area contributed by atoms with E-state index in [1.54, 1.807) is 6.92 Å². The molecule has 0 aliphatic carbocycles. The van der Waals surface area contributed by atoms with E-state index in [0.29, 0.717) is 6.04 Å². The van der Waals surface area contributed by atoms with Gasteiger partial charge in [-0.25, -0.2) is 0 Å². The second-order valence-electron chi connectivity index (χ2n) is 3.72. The molecule has 0 aromatic carbocycles. The van der Waals surface area contributed by atoms with Crippen LogP contribution in [0.4, 0.5) is 0 Å². The summed E-state index contributed by atoms with van der Waals surface area (Å²) in [5.74, 6) is 1.000. The van der Waals surface area contributed by atoms with Crippen molar-refractivity contribution in [2.75, 3.05) is 5.75 Å². The van der Waals surface area contributed by atoms with E-state index in [4.69, 9.17) is 5.73 Å². The minimum atomic E-state index is -0.385. The third kappa shape index (κ3) is 3.56. The fourth-order valence-electron chi connectivity index (χ4n) is 1.33. The van der Waals surface area contributed by atoms with Crippen molar-refractivity contribution in [3.8, 4) is 0 Å². The van der Waals surface area contributed by atoms with Crippen LogP contribution in [0.1, 0.15) is 26.7 Å². The molecule has 0 aromatic rings. The Morgan fingerprint density at radius 1 is 1.62 bits per heavy atom. The molecule has 0 bridgehead atoms. The van der Waals surface area contributed by atoms with Crippen molar-refractivity contribution in [3.05, 3.63) is 0 Å². The highest BCUT2D eigenvalue weighted by atomic mass is 32.2. The molecule has 1 heterocycles. The van der Waals surface area contributed by atoms with E-state index in [9.17, 15) is 4.79 Å². The van der Waals surface area contributed by atoms with Crippen molar-refractivity contribution in [1.82, 2.24) is 5.32 Å². The van der Waals surface area contributed by atoms with Crippen molar-refractivity contribution < 1.29 is 4.79 Å². The number of rotatable bonds is 2. The molecule has 1 rings (SSSR count). The fraction of sp³-hybridized carbons (Fsp3) is 0.889. The molecule has 3 nitrogen and oxygen atoms in total. The molecule has 1 saturated heterocycles. The molecular weight excluding hydrogens is 184 g/mol. The van der Waals surface area contributed by atoms with E-state index in [1.807, 2.05) is 11.8 Å². The zero-order valence-corrected chi connectivity index (χ0v) is 9.06. The zero-order valence-electron chi connectivity index (χ0n) is 8.25. The maximum atomic E-state index is 11.2. The van der Waals surface area contributed by atoms with Gasteiger partial charge in [-0.15, -0.1) is 0 Å². The highest BCUT2D eigenvalue weighted by Crippen LogP contribution is 2.24. The summed E-state index contributed by atoms with van der Waals surface area (Å²) < 4.78 is 0. The van der Waals surface area contributed by atoms with Gasteiger partial charge in [-0.2, -0.15) is 11.8 Å². The van der Waals surface area contributed by atoms with Crippen LogP contribution in [0, 0.1) is 0 Å². The van der Waals surface area contributed by atoms with E-state index in [1.165, 1.54) is 6.42 Å². The molecule has 1 aliphatic heterocycles. The monoisotopic (exact) mass is 202 g/mol. The van der Waals surface area contributed by atoms with E-state index >= 15 is 0 Å². The van der Waals surface area contributed by atoms with Crippen LogP contribution in [0.15, 0.2) is 0 Å². The van der Waals surface area contributed by atoms with Crippen LogP contribution in [0.25, 0.3) is 0 Å². The number of nitrogens with two attached hydrogens (primary N) is 1. The second kappa shape index (κ2) is 4.86. The number of thioether (sulfide) groups is 1. The molecule has 1 fully saturated rings. The molecule has 3 N–H and O–H groups in total. The smallest absolute Gasteiger partial charge is 0.236 e. The van der Waals surface area contributed by atoms with Crippen molar-refractivity contribution in [2.24, 2.45) is 5.73 Å². The minimum Gasteiger partial charge on any atom is -0.351 e. The highest BCUT2D eigenvalue weighted by molar-refractivity contribution is 7.99. The van der Waals surface area contributed by atoms with Crippen molar-refractivity contribution >= 4 is 17.7 Å². The number of nitrogens with one attached hydrogen (secondary N) is 1. The Balaban J connectivity index is 2.26. The first kappa shape index (κ1) is 10.9. The Labute approximate surface area is 83.8 Å². The second-order valence-corrected chi connectivity index (χ2v) is 5.19. The lowest BCUT2D eigenvalue weighted by Crippen LogP contribution is -2.46. The average Bonchev–Trinajstić information content (AvgIpc) is 2.08. The Morgan fingerprint density at radius 2 is 2.31 bits per heavy atom. The van der Waals surface area contributed by atoms with Crippen LogP contribution in [-0.2, 0) is 4.79 Å². The quantitative estimate of drug-likeness (QED) is 0.694. The lowest BCUT2D eigenvalue weighted by molar-refractivity contribution is -0.122. The summed E-state index contributed by atoms with van der Waals surface area (Å²) in [6, 6.07) is -0.0518. The Kier molecular flexibility index (Phi) is 4.06. The average molecular weight is 202 g/mol. The maximum Gasteiger partial charge on any atom is 0.236 e. The number of amides is 1. The normalized spacial score (nSPS) is 31.0. The Bertz CT molecular complexity index is 176. The molecule has 3 atom stereocenters. The molecule has 4 heteroatoms. The van der Waals surface area contributed by atoms with Gasteiger partial charge in [0.15, 0.2) is 0 Å². The van der Waals surface area contributed by atoms with Crippen LogP contribution in [0.2, 0.25) is 0 Å². The SMILES string of the molecule is CC1CCC(NC(=O)C(C)N)CS1. The van der Waals surface area contributed by atoms with Gasteiger partial charge in [-0.05, 0) is 19.8 Å². The van der Waals surface area contributed by atoms with Crippen LogP contribution in [0.3, 0.4) is 0 Å². The first-order valence-electron chi connectivity index (χ1n) is 4.77. The van der Waals surface area contributed by atoms with Crippen molar-refractivity contribution in [3.63, 3.8) is 0 Å². The molecule has 0 radical (unpaired) electrons. The number of hydrogen-bond donors (Lipinski definition) is 2. The van der Waals surface area contributed by atoms with Crippen LogP contribution >= 0.6 is 11.8 Å². The lowest BCUT2D eigenvalue weighted by Gasteiger charge is -2.27. The Hall–Kier alpha value is -0.220. The predicted molar refractivity (Wildman–Crippen MR) is 56.7 cm³/mol. The minimum absolute atomic E-state index is 0.0276. The van der Waals surface area contributed by atoms with Gasteiger partial charge in [0.2, 0.25) is 5.91 Å². The molecule has 3 unspecified atom stereocenters. The largest absolute Gasteiger partial charge is 0.351 e. The molecule has 76 valence electrons.